The van der Waals surface area contributed by atoms with Crippen LogP contribution in [0.1, 0.15) is 26.7 Å². The molecular weight excluding hydrogens is 284 g/mol. The Labute approximate surface area is 129 Å². The molecule has 0 bridgehead atoms. The molecule has 1 N–H and O–H groups in total. The number of ether oxygens (including phenoxy) is 1. The third-order valence-electron chi connectivity index (χ3n) is 3.19. The van der Waals surface area contributed by atoms with E-state index < -0.39 is 0 Å². The van der Waals surface area contributed by atoms with Gasteiger partial charge in [0.25, 0.3) is 0 Å². The average Bonchev–Trinajstić information content (AvgIpc) is 2.74. The van der Waals surface area contributed by atoms with E-state index in [-0.39, 0.29) is 5.91 Å². The van der Waals surface area contributed by atoms with E-state index in [0.29, 0.717) is 13.0 Å². The van der Waals surface area contributed by atoms with Crippen LogP contribution in [0.5, 0.6) is 0 Å². The van der Waals surface area contributed by atoms with Gasteiger partial charge in [-0.25, -0.2) is 4.98 Å². The number of anilines is 1. The minimum Gasteiger partial charge on any atom is -0.378 e. The smallest absolute Gasteiger partial charge is 0.229 e. The highest BCUT2D eigenvalue weighted by molar-refractivity contribution is 7.11. The number of carbonyl (C=O) groups is 1. The molecule has 0 aliphatic rings. The molecule has 0 fully saturated rings. The SMILES string of the molecule is COCc1nc(C)c(CC(=O)Nc2cc(C)ccc2C)s1. The van der Waals surface area contributed by atoms with Crippen molar-refractivity contribution in [1.82, 2.24) is 4.98 Å². The van der Waals surface area contributed by atoms with Crippen LogP contribution < -0.4 is 5.32 Å². The third-order valence-corrected chi connectivity index (χ3v) is 4.32. The van der Waals surface area contributed by atoms with Crippen LogP contribution in [0.25, 0.3) is 0 Å². The molecule has 0 aliphatic heterocycles. The lowest BCUT2D eigenvalue weighted by atomic mass is 10.1. The predicted molar refractivity (Wildman–Crippen MR) is 85.8 cm³/mol. The van der Waals surface area contributed by atoms with Crippen molar-refractivity contribution in [1.29, 1.82) is 0 Å². The summed E-state index contributed by atoms with van der Waals surface area (Å²) < 4.78 is 5.07. The van der Waals surface area contributed by atoms with Crippen LogP contribution in [0.2, 0.25) is 0 Å². The van der Waals surface area contributed by atoms with Gasteiger partial charge in [0.2, 0.25) is 5.91 Å². The Kier molecular flexibility index (Phi) is 5.09. The van der Waals surface area contributed by atoms with Crippen LogP contribution in [0, 0.1) is 20.8 Å². The number of nitrogens with zero attached hydrogens (tertiary/aromatic N) is 1. The molecule has 1 aromatic carbocycles. The topological polar surface area (TPSA) is 51.2 Å². The number of nitrogens with one attached hydrogen (secondary N) is 1. The number of methoxy groups -OCH3 is 1. The minimum absolute atomic E-state index is 0.0144. The monoisotopic (exact) mass is 304 g/mol. The lowest BCUT2D eigenvalue weighted by molar-refractivity contribution is -0.115. The first-order valence-corrected chi connectivity index (χ1v) is 7.62. The lowest BCUT2D eigenvalue weighted by Crippen LogP contribution is -2.15. The van der Waals surface area contributed by atoms with Gasteiger partial charge in [0.1, 0.15) is 5.01 Å². The van der Waals surface area contributed by atoms with Crippen molar-refractivity contribution in [3.8, 4) is 0 Å². The average molecular weight is 304 g/mol. The van der Waals surface area contributed by atoms with Gasteiger partial charge in [-0.3, -0.25) is 4.79 Å². The first-order valence-electron chi connectivity index (χ1n) is 6.81. The molecule has 0 radical (unpaired) electrons. The van der Waals surface area contributed by atoms with Crippen LogP contribution in [0.15, 0.2) is 18.2 Å². The Morgan fingerprint density at radius 2 is 2.10 bits per heavy atom. The van der Waals surface area contributed by atoms with Gasteiger partial charge in [-0.2, -0.15) is 0 Å². The number of carbonyl (C=O) groups excluding carboxylic acids is 1. The molecule has 0 saturated heterocycles. The zero-order valence-electron chi connectivity index (χ0n) is 12.8. The zero-order chi connectivity index (χ0) is 15.4. The Balaban J connectivity index is 2.06. The van der Waals surface area contributed by atoms with Crippen molar-refractivity contribution in [2.75, 3.05) is 12.4 Å². The number of aromatic nitrogens is 1. The van der Waals surface area contributed by atoms with Crippen molar-refractivity contribution >= 4 is 22.9 Å². The summed E-state index contributed by atoms with van der Waals surface area (Å²) in [6, 6.07) is 6.04. The number of aryl methyl sites for hydroxylation is 3. The number of thiazole rings is 1. The van der Waals surface area contributed by atoms with Crippen LogP contribution in [0.4, 0.5) is 5.69 Å². The highest BCUT2D eigenvalue weighted by Crippen LogP contribution is 2.21. The van der Waals surface area contributed by atoms with E-state index in [0.717, 1.165) is 32.4 Å². The largest absolute Gasteiger partial charge is 0.378 e. The quantitative estimate of drug-likeness (QED) is 0.921. The summed E-state index contributed by atoms with van der Waals surface area (Å²) in [5, 5.41) is 3.88. The first kappa shape index (κ1) is 15.7. The molecule has 2 rings (SSSR count). The predicted octanol–water partition coefficient (Wildman–Crippen LogP) is 3.40. The molecule has 0 saturated carbocycles. The maximum atomic E-state index is 12.2. The molecular formula is C16H20N2O2S. The molecule has 2 aromatic rings. The van der Waals surface area contributed by atoms with Gasteiger partial charge >= 0.3 is 0 Å². The molecule has 0 aliphatic carbocycles. The van der Waals surface area contributed by atoms with Crippen molar-refractivity contribution in [2.45, 2.75) is 33.8 Å². The second-order valence-corrected chi connectivity index (χ2v) is 6.26. The maximum absolute atomic E-state index is 12.2. The molecule has 4 nitrogen and oxygen atoms in total. The fourth-order valence-electron chi connectivity index (χ4n) is 2.05. The Hall–Kier alpha value is -1.72. The second kappa shape index (κ2) is 6.83. The fourth-order valence-corrected chi connectivity index (χ4v) is 3.09. The van der Waals surface area contributed by atoms with Crippen molar-refractivity contribution in [3.05, 3.63) is 44.9 Å². The first-order chi connectivity index (χ1) is 9.99. The zero-order valence-corrected chi connectivity index (χ0v) is 13.6. The third kappa shape index (κ3) is 4.12. The number of amides is 1. The summed E-state index contributed by atoms with van der Waals surface area (Å²) >= 11 is 1.53. The maximum Gasteiger partial charge on any atom is 0.229 e. The summed E-state index contributed by atoms with van der Waals surface area (Å²) in [6.07, 6.45) is 0.348. The van der Waals surface area contributed by atoms with E-state index in [1.807, 2.05) is 39.0 Å². The number of hydrogen-bond acceptors (Lipinski definition) is 4. The summed E-state index contributed by atoms with van der Waals surface area (Å²) in [5.74, 6) is -0.0144. The molecule has 5 heteroatoms. The minimum atomic E-state index is -0.0144. The van der Waals surface area contributed by atoms with Gasteiger partial charge in [0.05, 0.1) is 18.7 Å². The lowest BCUT2D eigenvalue weighted by Gasteiger charge is -2.09. The highest BCUT2D eigenvalue weighted by Gasteiger charge is 2.12. The molecule has 0 unspecified atom stereocenters. The number of benzene rings is 1. The summed E-state index contributed by atoms with van der Waals surface area (Å²) in [7, 11) is 1.64. The van der Waals surface area contributed by atoms with Gasteiger partial charge in [0, 0.05) is 17.7 Å². The van der Waals surface area contributed by atoms with Gasteiger partial charge in [0.15, 0.2) is 0 Å². The molecule has 1 amide bonds. The van der Waals surface area contributed by atoms with Gasteiger partial charge in [-0.15, -0.1) is 11.3 Å². The number of rotatable bonds is 5. The van der Waals surface area contributed by atoms with Crippen LogP contribution in [-0.2, 0) is 22.6 Å². The molecule has 0 atom stereocenters. The normalized spacial score (nSPS) is 10.7. The van der Waals surface area contributed by atoms with E-state index in [2.05, 4.69) is 10.3 Å². The second-order valence-electron chi connectivity index (χ2n) is 5.09. The molecule has 0 spiro atoms. The van der Waals surface area contributed by atoms with Crippen molar-refractivity contribution < 1.29 is 9.53 Å². The fraction of sp³-hybridized carbons (Fsp3) is 0.375. The Bertz CT molecular complexity index is 650. The van der Waals surface area contributed by atoms with E-state index in [9.17, 15) is 4.79 Å². The Morgan fingerprint density at radius 3 is 2.81 bits per heavy atom. The van der Waals surface area contributed by atoms with E-state index in [4.69, 9.17) is 4.74 Å². The van der Waals surface area contributed by atoms with Crippen molar-refractivity contribution in [2.24, 2.45) is 0 Å². The molecule has 1 aromatic heterocycles. The Morgan fingerprint density at radius 1 is 1.33 bits per heavy atom. The summed E-state index contributed by atoms with van der Waals surface area (Å²) in [4.78, 5) is 17.6. The van der Waals surface area contributed by atoms with Crippen LogP contribution >= 0.6 is 11.3 Å². The van der Waals surface area contributed by atoms with Crippen molar-refractivity contribution in [3.63, 3.8) is 0 Å². The van der Waals surface area contributed by atoms with Gasteiger partial charge in [-0.05, 0) is 38.0 Å². The van der Waals surface area contributed by atoms with Gasteiger partial charge < -0.3 is 10.1 Å². The summed E-state index contributed by atoms with van der Waals surface area (Å²) in [6.45, 7) is 6.42. The highest BCUT2D eigenvalue weighted by atomic mass is 32.1. The van der Waals surface area contributed by atoms with Crippen LogP contribution in [-0.4, -0.2) is 18.0 Å². The summed E-state index contributed by atoms with van der Waals surface area (Å²) in [5.41, 5.74) is 3.98. The molecule has 21 heavy (non-hydrogen) atoms. The number of hydrogen-bond donors (Lipinski definition) is 1. The van der Waals surface area contributed by atoms with E-state index in [1.54, 1.807) is 7.11 Å². The van der Waals surface area contributed by atoms with Gasteiger partial charge in [-0.1, -0.05) is 12.1 Å². The van der Waals surface area contributed by atoms with Crippen LogP contribution in [0.3, 0.4) is 0 Å². The molecule has 112 valence electrons. The van der Waals surface area contributed by atoms with E-state index in [1.165, 1.54) is 11.3 Å². The standard InChI is InChI=1S/C16H20N2O2S/c1-10-5-6-11(2)13(7-10)18-15(19)8-14-12(3)17-16(21-14)9-20-4/h5-7H,8-9H2,1-4H3,(H,18,19). The molecule has 1 heterocycles. The van der Waals surface area contributed by atoms with E-state index >= 15 is 0 Å².